The van der Waals surface area contributed by atoms with Crippen molar-refractivity contribution in [3.63, 3.8) is 0 Å². The highest BCUT2D eigenvalue weighted by Crippen LogP contribution is 2.19. The molecule has 112 valence electrons. The number of nitrogens with one attached hydrogen (secondary N) is 2. The summed E-state index contributed by atoms with van der Waals surface area (Å²) in [6, 6.07) is 6.10. The summed E-state index contributed by atoms with van der Waals surface area (Å²) in [5.41, 5.74) is 4.94. The summed E-state index contributed by atoms with van der Waals surface area (Å²) in [5, 5.41) is 6.41. The molecule has 0 fully saturated rings. The minimum atomic E-state index is 0.0554. The third kappa shape index (κ3) is 3.73. The van der Waals surface area contributed by atoms with E-state index in [1.807, 2.05) is 12.1 Å². The average Bonchev–Trinajstić information content (AvgIpc) is 2.55. The zero-order valence-electron chi connectivity index (χ0n) is 12.6. The maximum Gasteiger partial charge on any atom is 0.251 e. The zero-order chi connectivity index (χ0) is 14.5. The first kappa shape index (κ1) is 14.3. The minimum absolute atomic E-state index is 0.0554. The average molecular weight is 284 g/mol. The second-order valence-electron chi connectivity index (χ2n) is 6.02. The third-order valence-corrected chi connectivity index (χ3v) is 4.47. The molecule has 1 aliphatic carbocycles. The Kier molecular flexibility index (Phi) is 4.71. The lowest BCUT2D eigenvalue weighted by molar-refractivity contribution is 0.0954. The molecule has 0 radical (unpaired) electrons. The van der Waals surface area contributed by atoms with Gasteiger partial charge in [-0.05, 0) is 68.3 Å². The summed E-state index contributed by atoms with van der Waals surface area (Å²) in [4.78, 5) is 12.2. The molecule has 2 N–H and O–H groups in total. The van der Waals surface area contributed by atoms with Gasteiger partial charge in [0, 0.05) is 18.7 Å². The molecule has 1 amide bonds. The van der Waals surface area contributed by atoms with Crippen LogP contribution in [0.4, 0.5) is 0 Å². The van der Waals surface area contributed by atoms with E-state index >= 15 is 0 Å². The number of carbonyl (C=O) groups is 1. The van der Waals surface area contributed by atoms with Crippen LogP contribution in [0.1, 0.15) is 53.6 Å². The smallest absolute Gasteiger partial charge is 0.251 e. The van der Waals surface area contributed by atoms with Crippen molar-refractivity contribution in [1.29, 1.82) is 0 Å². The molecule has 0 unspecified atom stereocenters. The molecular formula is C18H24N2O. The summed E-state index contributed by atoms with van der Waals surface area (Å²) in [6.07, 6.45) is 9.45. The fourth-order valence-corrected chi connectivity index (χ4v) is 3.19. The lowest BCUT2D eigenvalue weighted by Crippen LogP contribution is -2.27. The molecule has 0 aromatic heterocycles. The normalized spacial score (nSPS) is 17.8. The number of fused-ring (bicyclic) bond motifs is 1. The van der Waals surface area contributed by atoms with Crippen LogP contribution in [0.3, 0.4) is 0 Å². The highest BCUT2D eigenvalue weighted by molar-refractivity contribution is 5.94. The number of allylic oxidation sites excluding steroid dienone is 1. The van der Waals surface area contributed by atoms with Crippen LogP contribution in [-0.2, 0) is 13.0 Å². The van der Waals surface area contributed by atoms with Crippen molar-refractivity contribution in [1.82, 2.24) is 10.6 Å². The van der Waals surface area contributed by atoms with Crippen LogP contribution >= 0.6 is 0 Å². The quantitative estimate of drug-likeness (QED) is 0.835. The largest absolute Gasteiger partial charge is 0.352 e. The summed E-state index contributed by atoms with van der Waals surface area (Å²) in [7, 11) is 0. The second kappa shape index (κ2) is 6.90. The van der Waals surface area contributed by atoms with Gasteiger partial charge in [-0.25, -0.2) is 0 Å². The van der Waals surface area contributed by atoms with Crippen LogP contribution in [0.2, 0.25) is 0 Å². The fourth-order valence-electron chi connectivity index (χ4n) is 3.19. The molecule has 0 bridgehead atoms. The predicted octanol–water partition coefficient (Wildman–Crippen LogP) is 2.95. The topological polar surface area (TPSA) is 41.1 Å². The van der Waals surface area contributed by atoms with Gasteiger partial charge in [0.15, 0.2) is 0 Å². The maximum absolute atomic E-state index is 12.2. The fraction of sp³-hybridized carbons (Fsp3) is 0.500. The number of hydrogen-bond donors (Lipinski definition) is 2. The Bertz CT molecular complexity index is 548. The van der Waals surface area contributed by atoms with E-state index in [1.165, 1.54) is 42.4 Å². The van der Waals surface area contributed by atoms with Gasteiger partial charge >= 0.3 is 0 Å². The molecule has 3 heteroatoms. The van der Waals surface area contributed by atoms with Crippen LogP contribution in [-0.4, -0.2) is 19.0 Å². The molecule has 21 heavy (non-hydrogen) atoms. The molecular weight excluding hydrogens is 260 g/mol. The number of benzene rings is 1. The first-order chi connectivity index (χ1) is 10.3. The van der Waals surface area contributed by atoms with E-state index in [9.17, 15) is 4.79 Å². The van der Waals surface area contributed by atoms with Gasteiger partial charge in [0.2, 0.25) is 0 Å². The lowest BCUT2D eigenvalue weighted by Gasteiger charge is -2.18. The molecule has 2 aliphatic rings. The summed E-state index contributed by atoms with van der Waals surface area (Å²) >= 11 is 0. The van der Waals surface area contributed by atoms with Gasteiger partial charge in [0.25, 0.3) is 5.91 Å². The monoisotopic (exact) mass is 284 g/mol. The molecule has 0 atom stereocenters. The third-order valence-electron chi connectivity index (χ3n) is 4.47. The van der Waals surface area contributed by atoms with E-state index in [0.717, 1.165) is 38.0 Å². The maximum atomic E-state index is 12.2. The van der Waals surface area contributed by atoms with E-state index in [-0.39, 0.29) is 5.91 Å². The van der Waals surface area contributed by atoms with Gasteiger partial charge in [-0.1, -0.05) is 17.7 Å². The first-order valence-corrected chi connectivity index (χ1v) is 8.11. The van der Waals surface area contributed by atoms with Gasteiger partial charge in [-0.2, -0.15) is 0 Å². The lowest BCUT2D eigenvalue weighted by atomic mass is 9.97. The van der Waals surface area contributed by atoms with Crippen molar-refractivity contribution < 1.29 is 4.79 Å². The highest BCUT2D eigenvalue weighted by atomic mass is 16.1. The van der Waals surface area contributed by atoms with Crippen molar-refractivity contribution in [2.24, 2.45) is 0 Å². The number of hydrogen-bond acceptors (Lipinski definition) is 2. The molecule has 0 spiro atoms. The number of carbonyl (C=O) groups excluding carboxylic acids is 1. The SMILES string of the molecule is O=C(NCCC1=CCCCC1)c1ccc2c(c1)CNCC2. The van der Waals surface area contributed by atoms with Gasteiger partial charge in [-0.3, -0.25) is 4.79 Å². The van der Waals surface area contributed by atoms with E-state index < -0.39 is 0 Å². The van der Waals surface area contributed by atoms with Crippen molar-refractivity contribution in [3.05, 3.63) is 46.5 Å². The van der Waals surface area contributed by atoms with Gasteiger partial charge in [-0.15, -0.1) is 0 Å². The zero-order valence-corrected chi connectivity index (χ0v) is 12.6. The van der Waals surface area contributed by atoms with Crippen molar-refractivity contribution in [2.45, 2.75) is 45.1 Å². The Morgan fingerprint density at radius 2 is 2.14 bits per heavy atom. The molecule has 3 rings (SSSR count). The Labute approximate surface area is 126 Å². The van der Waals surface area contributed by atoms with Crippen molar-refractivity contribution in [2.75, 3.05) is 13.1 Å². The van der Waals surface area contributed by atoms with Crippen LogP contribution in [0, 0.1) is 0 Å². The molecule has 1 heterocycles. The first-order valence-electron chi connectivity index (χ1n) is 8.11. The molecule has 1 aromatic rings. The van der Waals surface area contributed by atoms with E-state index in [0.29, 0.717) is 0 Å². The second-order valence-corrected chi connectivity index (χ2v) is 6.02. The predicted molar refractivity (Wildman–Crippen MR) is 85.4 cm³/mol. The van der Waals surface area contributed by atoms with Gasteiger partial charge in [0.1, 0.15) is 0 Å². The Balaban J connectivity index is 1.54. The van der Waals surface area contributed by atoms with Gasteiger partial charge < -0.3 is 10.6 Å². The Morgan fingerprint density at radius 3 is 3.00 bits per heavy atom. The summed E-state index contributed by atoms with van der Waals surface area (Å²) in [6.45, 7) is 2.66. The van der Waals surface area contributed by atoms with Crippen LogP contribution < -0.4 is 10.6 Å². The highest BCUT2D eigenvalue weighted by Gasteiger charge is 2.12. The van der Waals surface area contributed by atoms with Crippen LogP contribution in [0.5, 0.6) is 0 Å². The van der Waals surface area contributed by atoms with Crippen LogP contribution in [0.25, 0.3) is 0 Å². The summed E-state index contributed by atoms with van der Waals surface area (Å²) < 4.78 is 0. The Morgan fingerprint density at radius 1 is 1.19 bits per heavy atom. The molecule has 3 nitrogen and oxygen atoms in total. The molecule has 1 aliphatic heterocycles. The van der Waals surface area contributed by atoms with Gasteiger partial charge in [0.05, 0.1) is 0 Å². The van der Waals surface area contributed by atoms with Crippen LogP contribution in [0.15, 0.2) is 29.8 Å². The summed E-state index contributed by atoms with van der Waals surface area (Å²) in [5.74, 6) is 0.0554. The number of amides is 1. The van der Waals surface area contributed by atoms with Crippen molar-refractivity contribution in [3.8, 4) is 0 Å². The van der Waals surface area contributed by atoms with E-state index in [2.05, 4.69) is 22.8 Å². The molecule has 0 saturated carbocycles. The van der Waals surface area contributed by atoms with E-state index in [1.54, 1.807) is 0 Å². The molecule has 1 aromatic carbocycles. The molecule has 0 saturated heterocycles. The minimum Gasteiger partial charge on any atom is -0.352 e. The van der Waals surface area contributed by atoms with E-state index in [4.69, 9.17) is 0 Å². The Hall–Kier alpha value is -1.61. The standard InChI is InChI=1S/C18H24N2O/c21-18(20-11-8-14-4-2-1-3-5-14)16-7-6-15-9-10-19-13-17(15)12-16/h4,6-7,12,19H,1-3,5,8-11,13H2,(H,20,21). The number of rotatable bonds is 4. The van der Waals surface area contributed by atoms with Crippen molar-refractivity contribution >= 4 is 5.91 Å².